The Hall–Kier alpha value is -3.50. The SMILES string of the molecule is COC(=O)c1cn(C2CC2)c2c(OC)c(-c3cc4c(s3)CCCC4NC(=O)c3nccs3)ccc2c1=O. The van der Waals surface area contributed by atoms with E-state index in [2.05, 4.69) is 16.4 Å². The van der Waals surface area contributed by atoms with Crippen LogP contribution in [0.2, 0.25) is 0 Å². The number of thiazole rings is 1. The van der Waals surface area contributed by atoms with Crippen LogP contribution in [0.3, 0.4) is 0 Å². The fourth-order valence-corrected chi connectivity index (χ4v) is 6.93. The van der Waals surface area contributed by atoms with Crippen molar-refractivity contribution in [2.75, 3.05) is 14.2 Å². The Morgan fingerprint density at radius 3 is 2.73 bits per heavy atom. The lowest BCUT2D eigenvalue weighted by atomic mass is 9.93. The van der Waals surface area contributed by atoms with E-state index >= 15 is 0 Å². The molecule has 1 saturated carbocycles. The largest absolute Gasteiger partial charge is 0.494 e. The van der Waals surface area contributed by atoms with E-state index in [0.29, 0.717) is 21.7 Å². The second kappa shape index (κ2) is 9.42. The van der Waals surface area contributed by atoms with Crippen molar-refractivity contribution in [3.05, 3.63) is 67.2 Å². The number of esters is 1. The molecular weight excluding hydrogens is 510 g/mol. The Morgan fingerprint density at radius 2 is 2.03 bits per heavy atom. The zero-order valence-electron chi connectivity index (χ0n) is 20.4. The van der Waals surface area contributed by atoms with Gasteiger partial charge < -0.3 is 19.4 Å². The molecule has 1 aromatic carbocycles. The van der Waals surface area contributed by atoms with E-state index in [4.69, 9.17) is 9.47 Å². The van der Waals surface area contributed by atoms with Crippen LogP contribution >= 0.6 is 22.7 Å². The first-order valence-electron chi connectivity index (χ1n) is 12.2. The lowest BCUT2D eigenvalue weighted by Gasteiger charge is -2.23. The number of hydrogen-bond acceptors (Lipinski definition) is 8. The highest BCUT2D eigenvalue weighted by Gasteiger charge is 2.31. The molecule has 37 heavy (non-hydrogen) atoms. The molecule has 0 aliphatic heterocycles. The van der Waals surface area contributed by atoms with E-state index in [1.54, 1.807) is 42.3 Å². The molecule has 1 N–H and O–H groups in total. The summed E-state index contributed by atoms with van der Waals surface area (Å²) in [5.41, 5.74) is 2.37. The molecule has 1 fully saturated rings. The third-order valence-electron chi connectivity index (χ3n) is 7.01. The number of fused-ring (bicyclic) bond motifs is 2. The number of hydrogen-bond donors (Lipinski definition) is 1. The highest BCUT2D eigenvalue weighted by Crippen LogP contribution is 2.46. The fourth-order valence-electron chi connectivity index (χ4n) is 5.11. The minimum atomic E-state index is -0.638. The third kappa shape index (κ3) is 4.14. The van der Waals surface area contributed by atoms with Crippen LogP contribution in [-0.4, -0.2) is 35.6 Å². The van der Waals surface area contributed by atoms with Gasteiger partial charge >= 0.3 is 5.97 Å². The summed E-state index contributed by atoms with van der Waals surface area (Å²) in [5.74, 6) is -0.181. The Balaban J connectivity index is 1.45. The zero-order chi connectivity index (χ0) is 25.7. The van der Waals surface area contributed by atoms with Crippen LogP contribution in [0.25, 0.3) is 21.3 Å². The van der Waals surface area contributed by atoms with Crippen LogP contribution in [0, 0.1) is 0 Å². The predicted octanol–water partition coefficient (Wildman–Crippen LogP) is 5.12. The van der Waals surface area contributed by atoms with Gasteiger partial charge in [0.1, 0.15) is 5.56 Å². The number of nitrogens with one attached hydrogen (secondary N) is 1. The van der Waals surface area contributed by atoms with E-state index in [-0.39, 0.29) is 29.0 Å². The lowest BCUT2D eigenvalue weighted by Crippen LogP contribution is -2.30. The number of thiophene rings is 1. The summed E-state index contributed by atoms with van der Waals surface area (Å²) in [6.07, 6.45) is 8.00. The Bertz CT molecular complexity index is 1580. The molecule has 2 aliphatic carbocycles. The summed E-state index contributed by atoms with van der Waals surface area (Å²) in [7, 11) is 2.89. The first-order chi connectivity index (χ1) is 18.0. The quantitative estimate of drug-likeness (QED) is 0.344. The normalized spacial score (nSPS) is 16.9. The minimum absolute atomic E-state index is 0.0297. The zero-order valence-corrected chi connectivity index (χ0v) is 22.0. The van der Waals surface area contributed by atoms with Crippen LogP contribution in [0.4, 0.5) is 0 Å². The second-order valence-electron chi connectivity index (χ2n) is 9.29. The number of pyridine rings is 1. The minimum Gasteiger partial charge on any atom is -0.494 e. The van der Waals surface area contributed by atoms with Gasteiger partial charge in [-0.15, -0.1) is 22.7 Å². The summed E-state index contributed by atoms with van der Waals surface area (Å²) >= 11 is 3.02. The van der Waals surface area contributed by atoms with Crippen molar-refractivity contribution in [3.8, 4) is 16.2 Å². The molecule has 4 aromatic rings. The number of carbonyl (C=O) groups excluding carboxylic acids is 2. The Morgan fingerprint density at radius 1 is 1.19 bits per heavy atom. The monoisotopic (exact) mass is 535 g/mol. The number of carbonyl (C=O) groups is 2. The van der Waals surface area contributed by atoms with Crippen molar-refractivity contribution in [3.63, 3.8) is 0 Å². The van der Waals surface area contributed by atoms with Crippen molar-refractivity contribution >= 4 is 45.5 Å². The van der Waals surface area contributed by atoms with Gasteiger partial charge in [0, 0.05) is 39.1 Å². The highest BCUT2D eigenvalue weighted by atomic mass is 32.1. The number of aromatic nitrogens is 2. The number of benzene rings is 1. The van der Waals surface area contributed by atoms with E-state index in [9.17, 15) is 14.4 Å². The molecule has 2 aliphatic rings. The molecule has 1 amide bonds. The number of aryl methyl sites for hydroxylation is 1. The molecule has 3 aromatic heterocycles. The molecule has 1 unspecified atom stereocenters. The van der Waals surface area contributed by atoms with Crippen LogP contribution in [0.1, 0.15) is 68.4 Å². The number of rotatable bonds is 6. The van der Waals surface area contributed by atoms with Gasteiger partial charge in [-0.25, -0.2) is 9.78 Å². The fraction of sp³-hybridized carbons (Fsp3) is 0.333. The topological polar surface area (TPSA) is 99.5 Å². The maximum atomic E-state index is 13.2. The first-order valence-corrected chi connectivity index (χ1v) is 13.9. The van der Waals surface area contributed by atoms with E-state index in [0.717, 1.165) is 48.1 Å². The number of nitrogens with zero attached hydrogens (tertiary/aromatic N) is 2. The van der Waals surface area contributed by atoms with Gasteiger partial charge in [-0.1, -0.05) is 0 Å². The molecule has 0 bridgehead atoms. The van der Waals surface area contributed by atoms with Gasteiger partial charge in [-0.2, -0.15) is 0 Å². The smallest absolute Gasteiger partial charge is 0.343 e. The Kier molecular flexibility index (Phi) is 6.08. The summed E-state index contributed by atoms with van der Waals surface area (Å²) in [6, 6.07) is 5.93. The average Bonchev–Trinajstić information content (AvgIpc) is 3.41. The van der Waals surface area contributed by atoms with Crippen molar-refractivity contribution in [1.82, 2.24) is 14.9 Å². The van der Waals surface area contributed by atoms with Gasteiger partial charge in [0.15, 0.2) is 10.8 Å². The van der Waals surface area contributed by atoms with E-state index in [1.807, 2.05) is 10.6 Å². The van der Waals surface area contributed by atoms with Gasteiger partial charge in [0.25, 0.3) is 5.91 Å². The predicted molar refractivity (Wildman–Crippen MR) is 143 cm³/mol. The summed E-state index contributed by atoms with van der Waals surface area (Å²) in [6.45, 7) is 0. The Labute approximate surface area is 220 Å². The van der Waals surface area contributed by atoms with Crippen molar-refractivity contribution < 1.29 is 19.1 Å². The lowest BCUT2D eigenvalue weighted by molar-refractivity contribution is 0.0598. The van der Waals surface area contributed by atoms with Crippen LogP contribution in [0.15, 0.2) is 40.8 Å². The molecule has 6 rings (SSSR count). The van der Waals surface area contributed by atoms with Gasteiger partial charge in [-0.3, -0.25) is 9.59 Å². The van der Waals surface area contributed by atoms with Crippen molar-refractivity contribution in [2.45, 2.75) is 44.2 Å². The van der Waals surface area contributed by atoms with Crippen LogP contribution in [0.5, 0.6) is 5.75 Å². The molecule has 8 nitrogen and oxygen atoms in total. The van der Waals surface area contributed by atoms with Crippen LogP contribution < -0.4 is 15.5 Å². The average molecular weight is 536 g/mol. The van der Waals surface area contributed by atoms with E-state index in [1.165, 1.54) is 23.3 Å². The van der Waals surface area contributed by atoms with Gasteiger partial charge in [0.05, 0.1) is 31.2 Å². The van der Waals surface area contributed by atoms with Gasteiger partial charge in [-0.05, 0) is 55.9 Å². The maximum Gasteiger partial charge on any atom is 0.343 e. The molecule has 0 radical (unpaired) electrons. The summed E-state index contributed by atoms with van der Waals surface area (Å²) < 4.78 is 12.8. The van der Waals surface area contributed by atoms with Gasteiger partial charge in [0.2, 0.25) is 5.43 Å². The summed E-state index contributed by atoms with van der Waals surface area (Å²) in [5, 5.41) is 5.85. The third-order valence-corrected chi connectivity index (χ3v) is 9.02. The van der Waals surface area contributed by atoms with Crippen molar-refractivity contribution in [2.24, 2.45) is 0 Å². The number of amides is 1. The molecule has 3 heterocycles. The number of methoxy groups -OCH3 is 2. The second-order valence-corrected chi connectivity index (χ2v) is 11.3. The van der Waals surface area contributed by atoms with Crippen molar-refractivity contribution in [1.29, 1.82) is 0 Å². The van der Waals surface area contributed by atoms with E-state index < -0.39 is 5.97 Å². The molecule has 190 valence electrons. The number of ether oxygens (including phenoxy) is 2. The standard InChI is InChI=1S/C27H25N3O5S2/c1-34-24-15(8-9-16-22(24)30(14-6-7-14)13-18(23(16)31)27(33)35-2)21-12-17-19(4-3-5-20(17)37-21)29-25(32)26-28-10-11-36-26/h8-14,19H,3-7H2,1-2H3,(H,29,32). The molecule has 10 heteroatoms. The molecular formula is C27H25N3O5S2. The first kappa shape index (κ1) is 23.9. The summed E-state index contributed by atoms with van der Waals surface area (Å²) in [4.78, 5) is 44.6. The molecule has 0 saturated heterocycles. The molecule has 1 atom stereocenters. The highest BCUT2D eigenvalue weighted by molar-refractivity contribution is 7.15. The molecule has 0 spiro atoms. The van der Waals surface area contributed by atoms with Crippen LogP contribution in [-0.2, 0) is 11.2 Å². The maximum absolute atomic E-state index is 13.2.